The van der Waals surface area contributed by atoms with Crippen LogP contribution in [-0.4, -0.2) is 40.6 Å². The highest BCUT2D eigenvalue weighted by Gasteiger charge is 2.39. The summed E-state index contributed by atoms with van der Waals surface area (Å²) in [5.41, 5.74) is 9.86. The molecule has 156 valence electrons. The third kappa shape index (κ3) is 5.22. The van der Waals surface area contributed by atoms with E-state index in [1.54, 1.807) is 19.5 Å². The molecule has 3 N–H and O–H groups in total. The van der Waals surface area contributed by atoms with E-state index in [1.165, 1.54) is 11.3 Å². The van der Waals surface area contributed by atoms with E-state index < -0.39 is 0 Å². The lowest BCUT2D eigenvalue weighted by Crippen LogP contribution is -2.60. The molecule has 0 atom stereocenters. The molecular formula is C22H31N5OS. The van der Waals surface area contributed by atoms with Crippen LogP contribution in [0.25, 0.3) is 16.1 Å². The summed E-state index contributed by atoms with van der Waals surface area (Å²) in [7, 11) is 1.73. The van der Waals surface area contributed by atoms with Crippen LogP contribution in [0.1, 0.15) is 51.7 Å². The Bertz CT molecular complexity index is 913. The van der Waals surface area contributed by atoms with Crippen LogP contribution in [0.15, 0.2) is 29.4 Å². The van der Waals surface area contributed by atoms with Gasteiger partial charge in [-0.05, 0) is 45.7 Å². The van der Waals surface area contributed by atoms with Gasteiger partial charge in [-0.1, -0.05) is 34.6 Å². The average Bonchev–Trinajstić information content (AvgIpc) is 3.04. The maximum atomic E-state index is 6.24. The van der Waals surface area contributed by atoms with Gasteiger partial charge in [0.25, 0.3) is 5.19 Å². The minimum atomic E-state index is 0.0301. The fourth-order valence-corrected chi connectivity index (χ4v) is 5.11. The topological polar surface area (TPSA) is 85.4 Å². The van der Waals surface area contributed by atoms with Crippen molar-refractivity contribution in [3.8, 4) is 15.8 Å². The molecule has 7 heteroatoms. The maximum absolute atomic E-state index is 6.24. The first kappa shape index (κ1) is 21.5. The average molecular weight is 414 g/mol. The van der Waals surface area contributed by atoms with Crippen LogP contribution in [0.5, 0.6) is 5.19 Å². The number of hydrogen-bond acceptors (Lipinski definition) is 7. The van der Waals surface area contributed by atoms with Crippen molar-refractivity contribution >= 4 is 23.1 Å². The zero-order chi connectivity index (χ0) is 21.2. The van der Waals surface area contributed by atoms with Crippen LogP contribution in [0, 0.1) is 6.92 Å². The second-order valence-corrected chi connectivity index (χ2v) is 9.89. The highest BCUT2D eigenvalue weighted by atomic mass is 32.1. The quantitative estimate of drug-likeness (QED) is 0.718. The van der Waals surface area contributed by atoms with Gasteiger partial charge in [-0.3, -0.25) is 4.99 Å². The zero-order valence-corrected chi connectivity index (χ0v) is 18.9. The molecule has 6 nitrogen and oxygen atoms in total. The van der Waals surface area contributed by atoms with Gasteiger partial charge in [0, 0.05) is 54.5 Å². The molecule has 2 heterocycles. The molecule has 3 rings (SSSR count). The Morgan fingerprint density at radius 2 is 1.93 bits per heavy atom. The van der Waals surface area contributed by atoms with Gasteiger partial charge in [-0.15, -0.1) is 5.10 Å². The summed E-state index contributed by atoms with van der Waals surface area (Å²) in [5, 5.41) is 13.8. The standard InChI is InChI=1S/C22H31N5OS/c1-14-9-15(16(12-23)13-24-6)7-8-18(14)19-25-26-20(29-19)28-17-10-21(2,3)27-22(4,5)11-17/h7-9,12-13,17,27H,10-11,23H2,1-6H3. The Morgan fingerprint density at radius 3 is 2.52 bits per heavy atom. The summed E-state index contributed by atoms with van der Waals surface area (Å²) < 4.78 is 6.24. The fraction of sp³-hybridized carbons (Fsp3) is 0.500. The molecule has 1 aliphatic rings. The number of nitrogens with two attached hydrogens (primary N) is 1. The maximum Gasteiger partial charge on any atom is 0.294 e. The van der Waals surface area contributed by atoms with E-state index in [1.807, 2.05) is 6.07 Å². The van der Waals surface area contributed by atoms with Crippen molar-refractivity contribution < 1.29 is 4.74 Å². The first-order valence-electron chi connectivity index (χ1n) is 9.87. The van der Waals surface area contributed by atoms with Gasteiger partial charge in [0.15, 0.2) is 5.01 Å². The summed E-state index contributed by atoms with van der Waals surface area (Å²) in [6.45, 7) is 10.9. The summed E-state index contributed by atoms with van der Waals surface area (Å²) in [5.74, 6) is 0. The van der Waals surface area contributed by atoms with Gasteiger partial charge in [0.1, 0.15) is 6.10 Å². The highest BCUT2D eigenvalue weighted by molar-refractivity contribution is 7.16. The van der Waals surface area contributed by atoms with E-state index in [0.717, 1.165) is 40.1 Å². The van der Waals surface area contributed by atoms with Crippen molar-refractivity contribution in [2.24, 2.45) is 10.7 Å². The van der Waals surface area contributed by atoms with E-state index >= 15 is 0 Å². The van der Waals surface area contributed by atoms with Crippen LogP contribution >= 0.6 is 11.3 Å². The predicted octanol–water partition coefficient (Wildman–Crippen LogP) is 4.20. The normalized spacial score (nSPS) is 19.6. The summed E-state index contributed by atoms with van der Waals surface area (Å²) in [6, 6.07) is 6.18. The monoisotopic (exact) mass is 413 g/mol. The van der Waals surface area contributed by atoms with Gasteiger partial charge >= 0.3 is 0 Å². The van der Waals surface area contributed by atoms with Crippen LogP contribution < -0.4 is 15.8 Å². The van der Waals surface area contributed by atoms with Gasteiger partial charge in [0.2, 0.25) is 0 Å². The number of nitrogens with zero attached hydrogens (tertiary/aromatic N) is 3. The smallest absolute Gasteiger partial charge is 0.294 e. The molecule has 0 amide bonds. The summed E-state index contributed by atoms with van der Waals surface area (Å²) in [6.07, 6.45) is 5.32. The molecule has 1 saturated heterocycles. The second-order valence-electron chi connectivity index (χ2n) is 8.95. The van der Waals surface area contributed by atoms with Gasteiger partial charge in [-0.2, -0.15) is 0 Å². The van der Waals surface area contributed by atoms with Crippen molar-refractivity contribution in [3.05, 3.63) is 35.5 Å². The SMILES string of the molecule is CN=CC(=CN)c1ccc(-c2nnc(OC3CC(C)(C)NC(C)(C)C3)s2)c(C)c1. The number of benzene rings is 1. The molecular weight excluding hydrogens is 382 g/mol. The molecule has 29 heavy (non-hydrogen) atoms. The molecule has 1 aromatic heterocycles. The lowest BCUT2D eigenvalue weighted by atomic mass is 9.81. The number of allylic oxidation sites excluding steroid dienone is 1. The number of nitrogens with one attached hydrogen (secondary N) is 1. The minimum absolute atomic E-state index is 0.0301. The molecule has 0 spiro atoms. The number of piperidine rings is 1. The number of aliphatic imine (C=N–C) groups is 1. The fourth-order valence-electron chi connectivity index (χ4n) is 4.26. The van der Waals surface area contributed by atoms with Gasteiger partial charge < -0.3 is 15.8 Å². The third-order valence-electron chi connectivity index (χ3n) is 5.06. The van der Waals surface area contributed by atoms with Crippen molar-refractivity contribution in [3.63, 3.8) is 0 Å². The molecule has 0 bridgehead atoms. The first-order chi connectivity index (χ1) is 13.6. The van der Waals surface area contributed by atoms with Crippen molar-refractivity contribution in [1.82, 2.24) is 15.5 Å². The Balaban J connectivity index is 1.78. The Morgan fingerprint density at radius 1 is 1.24 bits per heavy atom. The molecule has 1 fully saturated rings. The molecule has 0 radical (unpaired) electrons. The van der Waals surface area contributed by atoms with Crippen LogP contribution in [-0.2, 0) is 0 Å². The largest absolute Gasteiger partial charge is 0.465 e. The molecule has 1 aromatic carbocycles. The van der Waals surface area contributed by atoms with Crippen molar-refractivity contribution in [2.45, 2.75) is 64.6 Å². The van der Waals surface area contributed by atoms with E-state index in [4.69, 9.17) is 10.5 Å². The molecule has 0 unspecified atom stereocenters. The van der Waals surface area contributed by atoms with E-state index in [2.05, 4.69) is 67.3 Å². The molecule has 0 saturated carbocycles. The molecule has 1 aliphatic heterocycles. The van der Waals surface area contributed by atoms with Gasteiger partial charge in [0.05, 0.1) is 0 Å². The molecule has 0 aliphatic carbocycles. The Labute approximate surface area is 177 Å². The highest BCUT2D eigenvalue weighted by Crippen LogP contribution is 2.35. The summed E-state index contributed by atoms with van der Waals surface area (Å²) >= 11 is 1.49. The zero-order valence-electron chi connectivity index (χ0n) is 18.1. The van der Waals surface area contributed by atoms with E-state index in [9.17, 15) is 0 Å². The number of aromatic nitrogens is 2. The van der Waals surface area contributed by atoms with Crippen LogP contribution in [0.2, 0.25) is 0 Å². The number of rotatable bonds is 5. The van der Waals surface area contributed by atoms with Crippen molar-refractivity contribution in [2.75, 3.05) is 7.05 Å². The van der Waals surface area contributed by atoms with Crippen LogP contribution in [0.4, 0.5) is 0 Å². The number of ether oxygens (including phenoxy) is 1. The second kappa shape index (κ2) is 8.24. The van der Waals surface area contributed by atoms with Crippen LogP contribution in [0.3, 0.4) is 0 Å². The Kier molecular flexibility index (Phi) is 6.10. The first-order valence-corrected chi connectivity index (χ1v) is 10.7. The molecule has 2 aromatic rings. The summed E-state index contributed by atoms with van der Waals surface area (Å²) in [4.78, 5) is 4.06. The minimum Gasteiger partial charge on any atom is -0.465 e. The third-order valence-corrected chi connectivity index (χ3v) is 5.91. The number of aryl methyl sites for hydroxylation is 1. The lowest BCUT2D eigenvalue weighted by molar-refractivity contribution is 0.0553. The lowest BCUT2D eigenvalue weighted by Gasteiger charge is -2.45. The predicted molar refractivity (Wildman–Crippen MR) is 122 cm³/mol. The van der Waals surface area contributed by atoms with E-state index in [0.29, 0.717) is 5.19 Å². The van der Waals surface area contributed by atoms with Crippen molar-refractivity contribution in [1.29, 1.82) is 0 Å². The van der Waals surface area contributed by atoms with E-state index in [-0.39, 0.29) is 17.2 Å². The Hall–Kier alpha value is -2.25. The van der Waals surface area contributed by atoms with Gasteiger partial charge in [-0.25, -0.2) is 0 Å². The number of hydrogen-bond donors (Lipinski definition) is 2.